The lowest BCUT2D eigenvalue weighted by Crippen LogP contribution is -2.10. The van der Waals surface area contributed by atoms with Gasteiger partial charge in [0.25, 0.3) is 0 Å². The summed E-state index contributed by atoms with van der Waals surface area (Å²) >= 11 is 0. The molecule has 1 atom stereocenters. The highest BCUT2D eigenvalue weighted by molar-refractivity contribution is 5.98. The molecule has 0 spiro atoms. The zero-order valence-corrected chi connectivity index (χ0v) is 25.0. The van der Waals surface area contributed by atoms with Gasteiger partial charge >= 0.3 is 0 Å². The van der Waals surface area contributed by atoms with Gasteiger partial charge < -0.3 is 9.47 Å². The van der Waals surface area contributed by atoms with E-state index in [1.54, 1.807) is 0 Å². The predicted octanol–water partition coefficient (Wildman–Crippen LogP) is 10.3. The Balaban J connectivity index is 2.56. The molecule has 0 N–H and O–H groups in total. The zero-order chi connectivity index (χ0) is 27.5. The van der Waals surface area contributed by atoms with Gasteiger partial charge in [-0.3, -0.25) is 4.99 Å². The van der Waals surface area contributed by atoms with Crippen molar-refractivity contribution < 1.29 is 9.47 Å². The van der Waals surface area contributed by atoms with Crippen LogP contribution in [0.2, 0.25) is 0 Å². The van der Waals surface area contributed by atoms with Crippen LogP contribution >= 0.6 is 0 Å². The van der Waals surface area contributed by atoms with Gasteiger partial charge in [0.05, 0.1) is 6.10 Å². The van der Waals surface area contributed by atoms with Gasteiger partial charge in [0, 0.05) is 17.5 Å². The number of hydrogen-bond donors (Lipinski definition) is 0. The lowest BCUT2D eigenvalue weighted by atomic mass is 9.95. The highest BCUT2D eigenvalue weighted by Crippen LogP contribution is 2.31. The van der Waals surface area contributed by atoms with Crippen LogP contribution in [0, 0.1) is 12.8 Å². The Bertz CT molecular complexity index is 1110. The first-order valence-electron chi connectivity index (χ1n) is 14.0. The Labute approximate surface area is 226 Å². The highest BCUT2D eigenvalue weighted by Gasteiger charge is 2.17. The van der Waals surface area contributed by atoms with Gasteiger partial charge in [-0.2, -0.15) is 0 Å². The number of aliphatic imine (C=N–C) groups is 1. The molecule has 1 aromatic carbocycles. The first-order valence-corrected chi connectivity index (χ1v) is 14.0. The summed E-state index contributed by atoms with van der Waals surface area (Å²) in [5.74, 6) is 3.24. The standard InChI is InChI=1S/C34H49NO2/c1-11-15-30(34-26(8)16-14-17-29(13-3)28(10)37-34)21-33(25(7)12-2)35-22-27(9)31-18-24(6)19-32(20-31)36-23(4)5/h11,15,18-23,25H,12-14,16-17H2,1-10H3. The molecule has 0 bridgehead atoms. The third-order valence-corrected chi connectivity index (χ3v) is 6.91. The SMILES string of the molecule is CC=CC(=CC(=NC=C(C)c1cc(C)cc(OC(C)C)c1)C(C)CC)C1=C(C)CCCC(CC)=C(C)O1. The molecular formula is C34H49NO2. The smallest absolute Gasteiger partial charge is 0.133 e. The minimum atomic E-state index is 0.143. The van der Waals surface area contributed by atoms with Crippen LogP contribution in [0.5, 0.6) is 5.75 Å². The average Bonchev–Trinajstić information content (AvgIpc) is 2.84. The van der Waals surface area contributed by atoms with E-state index >= 15 is 0 Å². The van der Waals surface area contributed by atoms with Crippen molar-refractivity contribution in [1.29, 1.82) is 0 Å². The second-order valence-corrected chi connectivity index (χ2v) is 10.6. The lowest BCUT2D eigenvalue weighted by Gasteiger charge is -2.22. The van der Waals surface area contributed by atoms with Crippen molar-refractivity contribution >= 4 is 11.3 Å². The largest absolute Gasteiger partial charge is 0.491 e. The highest BCUT2D eigenvalue weighted by atomic mass is 16.5. The monoisotopic (exact) mass is 503 g/mol. The molecule has 3 nitrogen and oxygen atoms in total. The Morgan fingerprint density at radius 1 is 1.08 bits per heavy atom. The van der Waals surface area contributed by atoms with Gasteiger partial charge in [0.15, 0.2) is 0 Å². The molecule has 0 amide bonds. The average molecular weight is 504 g/mol. The molecule has 0 radical (unpaired) electrons. The maximum Gasteiger partial charge on any atom is 0.133 e. The fourth-order valence-corrected chi connectivity index (χ4v) is 4.51. The van der Waals surface area contributed by atoms with E-state index in [4.69, 9.17) is 14.5 Å². The quantitative estimate of drug-likeness (QED) is 0.235. The van der Waals surface area contributed by atoms with Crippen molar-refractivity contribution in [3.8, 4) is 5.75 Å². The fourth-order valence-electron chi connectivity index (χ4n) is 4.51. The van der Waals surface area contributed by atoms with Crippen molar-refractivity contribution in [2.24, 2.45) is 10.9 Å². The van der Waals surface area contributed by atoms with Gasteiger partial charge in [-0.05, 0) is 133 Å². The third kappa shape index (κ3) is 9.22. The van der Waals surface area contributed by atoms with Crippen LogP contribution in [0.4, 0.5) is 0 Å². The Morgan fingerprint density at radius 2 is 1.81 bits per heavy atom. The molecule has 1 heterocycles. The summed E-state index contributed by atoms with van der Waals surface area (Å²) in [5.41, 5.74) is 8.29. The number of rotatable bonds is 10. The molecule has 1 unspecified atom stereocenters. The second kappa shape index (κ2) is 14.8. The molecule has 37 heavy (non-hydrogen) atoms. The summed E-state index contributed by atoms with van der Waals surface area (Å²) in [4.78, 5) is 5.04. The molecule has 202 valence electrons. The van der Waals surface area contributed by atoms with E-state index in [2.05, 4.69) is 106 Å². The van der Waals surface area contributed by atoms with E-state index in [9.17, 15) is 0 Å². The van der Waals surface area contributed by atoms with Gasteiger partial charge in [0.2, 0.25) is 0 Å². The Kier molecular flexibility index (Phi) is 12.2. The van der Waals surface area contributed by atoms with Crippen molar-refractivity contribution in [3.63, 3.8) is 0 Å². The number of ether oxygens (including phenoxy) is 2. The molecule has 0 saturated heterocycles. The summed E-state index contributed by atoms with van der Waals surface area (Å²) in [7, 11) is 0. The molecule has 0 fully saturated rings. The van der Waals surface area contributed by atoms with E-state index < -0.39 is 0 Å². The fraction of sp³-hybridized carbons (Fsp3) is 0.500. The molecular weight excluding hydrogens is 454 g/mol. The van der Waals surface area contributed by atoms with Crippen molar-refractivity contribution in [2.45, 2.75) is 107 Å². The topological polar surface area (TPSA) is 30.8 Å². The summed E-state index contributed by atoms with van der Waals surface area (Å²) in [5, 5.41) is 0. The minimum Gasteiger partial charge on any atom is -0.491 e. The van der Waals surface area contributed by atoms with Crippen LogP contribution in [0.1, 0.15) is 106 Å². The van der Waals surface area contributed by atoms with Crippen LogP contribution in [-0.4, -0.2) is 11.8 Å². The first-order chi connectivity index (χ1) is 17.6. The molecule has 0 aliphatic carbocycles. The molecule has 0 saturated carbocycles. The molecule has 2 rings (SSSR count). The van der Waals surface area contributed by atoms with Crippen LogP contribution in [-0.2, 0) is 4.74 Å². The van der Waals surface area contributed by atoms with Gasteiger partial charge in [-0.25, -0.2) is 0 Å². The first kappa shape index (κ1) is 30.4. The van der Waals surface area contributed by atoms with Crippen molar-refractivity contribution in [3.05, 3.63) is 82.0 Å². The number of aryl methyl sites for hydroxylation is 1. The zero-order valence-electron chi connectivity index (χ0n) is 25.0. The number of allylic oxidation sites excluding steroid dienone is 7. The number of nitrogens with zero attached hydrogens (tertiary/aromatic N) is 1. The van der Waals surface area contributed by atoms with Crippen LogP contribution in [0.25, 0.3) is 5.57 Å². The van der Waals surface area contributed by atoms with E-state index in [-0.39, 0.29) is 6.10 Å². The van der Waals surface area contributed by atoms with Crippen LogP contribution < -0.4 is 4.74 Å². The van der Waals surface area contributed by atoms with Crippen LogP contribution in [0.3, 0.4) is 0 Å². The van der Waals surface area contributed by atoms with Crippen molar-refractivity contribution in [1.82, 2.24) is 0 Å². The molecule has 1 aliphatic heterocycles. The van der Waals surface area contributed by atoms with E-state index in [1.165, 1.54) is 16.7 Å². The third-order valence-electron chi connectivity index (χ3n) is 6.91. The van der Waals surface area contributed by atoms with Gasteiger partial charge in [0.1, 0.15) is 17.3 Å². The molecule has 1 aromatic rings. The Hall–Kier alpha value is -2.81. The van der Waals surface area contributed by atoms with Crippen LogP contribution in [0.15, 0.2) is 75.9 Å². The maximum absolute atomic E-state index is 6.54. The van der Waals surface area contributed by atoms with E-state index in [0.29, 0.717) is 5.92 Å². The van der Waals surface area contributed by atoms with Crippen molar-refractivity contribution in [2.75, 3.05) is 0 Å². The second-order valence-electron chi connectivity index (χ2n) is 10.6. The summed E-state index contributed by atoms with van der Waals surface area (Å²) in [6.07, 6.45) is 14.0. The summed E-state index contributed by atoms with van der Waals surface area (Å²) in [6, 6.07) is 6.38. The number of benzene rings is 1. The van der Waals surface area contributed by atoms with E-state index in [0.717, 1.165) is 71.8 Å². The maximum atomic E-state index is 6.54. The molecule has 3 heteroatoms. The van der Waals surface area contributed by atoms with Gasteiger partial charge in [-0.1, -0.05) is 39.0 Å². The summed E-state index contributed by atoms with van der Waals surface area (Å²) < 4.78 is 12.5. The minimum absolute atomic E-state index is 0.143. The predicted molar refractivity (Wildman–Crippen MR) is 161 cm³/mol. The molecule has 0 aromatic heterocycles. The lowest BCUT2D eigenvalue weighted by molar-refractivity contribution is 0.242. The Morgan fingerprint density at radius 3 is 2.43 bits per heavy atom. The summed E-state index contributed by atoms with van der Waals surface area (Å²) in [6.45, 7) is 21.4. The van der Waals surface area contributed by atoms with E-state index in [1.807, 2.05) is 6.20 Å². The normalized spacial score (nSPS) is 17.3. The molecule has 1 aliphatic rings. The van der Waals surface area contributed by atoms with Gasteiger partial charge in [-0.15, -0.1) is 0 Å². The number of hydrogen-bond acceptors (Lipinski definition) is 3.